The van der Waals surface area contributed by atoms with Crippen LogP contribution < -0.4 is 5.32 Å². The summed E-state index contributed by atoms with van der Waals surface area (Å²) in [5.41, 5.74) is 4.39. The zero-order valence-electron chi connectivity index (χ0n) is 15.2. The lowest BCUT2D eigenvalue weighted by Crippen LogP contribution is -2.06. The lowest BCUT2D eigenvalue weighted by Gasteiger charge is -2.09. The van der Waals surface area contributed by atoms with Gasteiger partial charge in [0.25, 0.3) is 0 Å². The number of aromatic nitrogens is 6. The molecule has 4 aromatic heterocycles. The van der Waals surface area contributed by atoms with Crippen LogP contribution in [0.4, 0.5) is 5.00 Å². The van der Waals surface area contributed by atoms with Gasteiger partial charge in [0.05, 0.1) is 36.0 Å². The average Bonchev–Trinajstić information content (AvgIpc) is 3.46. The van der Waals surface area contributed by atoms with E-state index in [1.54, 1.807) is 18.6 Å². The number of imidazole rings is 1. The van der Waals surface area contributed by atoms with E-state index in [0.29, 0.717) is 12.2 Å². The zero-order valence-corrected chi connectivity index (χ0v) is 16.0. The molecule has 0 aliphatic heterocycles. The third-order valence-corrected chi connectivity index (χ3v) is 4.93. The number of aliphatic imine (C=N–C) groups is 1. The summed E-state index contributed by atoms with van der Waals surface area (Å²) >= 11 is 1.43. The maximum atomic E-state index is 4.60. The van der Waals surface area contributed by atoms with Crippen LogP contribution in [0.25, 0.3) is 23.2 Å². The number of anilines is 1. The van der Waals surface area contributed by atoms with Crippen LogP contribution in [0.5, 0.6) is 0 Å². The highest BCUT2D eigenvalue weighted by atomic mass is 32.1. The van der Waals surface area contributed by atoms with E-state index < -0.39 is 0 Å². The Labute approximate surface area is 165 Å². The first kappa shape index (κ1) is 17.8. The minimum absolute atomic E-state index is 0.535. The number of aryl methyl sites for hydroxylation is 1. The van der Waals surface area contributed by atoms with Crippen molar-refractivity contribution in [1.29, 1.82) is 0 Å². The molecule has 2 N–H and O–H groups in total. The van der Waals surface area contributed by atoms with Gasteiger partial charge in [-0.2, -0.15) is 9.47 Å². The van der Waals surface area contributed by atoms with Gasteiger partial charge in [-0.15, -0.1) is 0 Å². The predicted octanol–water partition coefficient (Wildman–Crippen LogP) is 3.70. The van der Waals surface area contributed by atoms with Crippen molar-refractivity contribution in [2.45, 2.75) is 13.5 Å². The molecule has 8 nitrogen and oxygen atoms in total. The summed E-state index contributed by atoms with van der Waals surface area (Å²) in [7, 11) is 0. The molecular weight excluding hydrogens is 372 g/mol. The molecule has 0 aliphatic carbocycles. The normalized spacial score (nSPS) is 11.5. The number of aromatic amines is 1. The molecule has 0 spiro atoms. The van der Waals surface area contributed by atoms with Crippen molar-refractivity contribution in [3.8, 4) is 11.3 Å². The van der Waals surface area contributed by atoms with E-state index in [-0.39, 0.29) is 0 Å². The molecule has 4 aromatic rings. The molecule has 0 amide bonds. The van der Waals surface area contributed by atoms with Crippen LogP contribution in [0.3, 0.4) is 0 Å². The molecule has 140 valence electrons. The number of rotatable bonds is 7. The van der Waals surface area contributed by atoms with Crippen LogP contribution >= 0.6 is 11.5 Å². The smallest absolute Gasteiger partial charge is 0.132 e. The molecule has 0 radical (unpaired) electrons. The van der Waals surface area contributed by atoms with Crippen molar-refractivity contribution in [3.63, 3.8) is 0 Å². The summed E-state index contributed by atoms with van der Waals surface area (Å²) in [5.74, 6) is 0.826. The van der Waals surface area contributed by atoms with Crippen molar-refractivity contribution < 1.29 is 0 Å². The molecule has 0 unspecified atom stereocenters. The largest absolute Gasteiger partial charge is 0.368 e. The Bertz CT molecular complexity index is 1090. The van der Waals surface area contributed by atoms with Crippen LogP contribution in [-0.2, 0) is 6.54 Å². The molecule has 0 saturated heterocycles. The Morgan fingerprint density at radius 1 is 1.39 bits per heavy atom. The van der Waals surface area contributed by atoms with Crippen LogP contribution in [-0.4, -0.2) is 35.8 Å². The van der Waals surface area contributed by atoms with Gasteiger partial charge < -0.3 is 5.32 Å². The van der Waals surface area contributed by atoms with Crippen molar-refractivity contribution in [1.82, 2.24) is 29.1 Å². The van der Waals surface area contributed by atoms with Gasteiger partial charge in [-0.3, -0.25) is 19.6 Å². The molecule has 4 rings (SSSR count). The predicted molar refractivity (Wildman–Crippen MR) is 112 cm³/mol. The van der Waals surface area contributed by atoms with Gasteiger partial charge in [0.1, 0.15) is 10.8 Å². The molecule has 4 heterocycles. The molecule has 0 bridgehead atoms. The molecule has 0 saturated carbocycles. The second-order valence-corrected chi connectivity index (χ2v) is 6.82. The van der Waals surface area contributed by atoms with Gasteiger partial charge in [0.2, 0.25) is 0 Å². The average molecular weight is 390 g/mol. The number of pyridine rings is 1. The van der Waals surface area contributed by atoms with Crippen LogP contribution in [0.2, 0.25) is 0 Å². The fourth-order valence-electron chi connectivity index (χ4n) is 2.73. The third-order valence-electron chi connectivity index (χ3n) is 4.10. The standard InChI is InChI=1S/C19H18N8S/c1-13-6-19(28-26-13)23-11-18-22-10-17(15-8-24-25-9-15)27(18)12-16(20-2)14-4-3-5-21-7-14/h3-10,12,23H,2,11H2,1H3,(H,24,25)/b16-12-. The van der Waals surface area contributed by atoms with E-state index in [2.05, 4.69) is 41.6 Å². The van der Waals surface area contributed by atoms with E-state index in [4.69, 9.17) is 0 Å². The summed E-state index contributed by atoms with van der Waals surface area (Å²) in [6.07, 6.45) is 10.8. The molecule has 0 aliphatic rings. The molecule has 0 aromatic carbocycles. The lowest BCUT2D eigenvalue weighted by atomic mass is 10.2. The molecule has 9 heteroatoms. The minimum atomic E-state index is 0.535. The summed E-state index contributed by atoms with van der Waals surface area (Å²) in [6.45, 7) is 6.22. The minimum Gasteiger partial charge on any atom is -0.368 e. The lowest BCUT2D eigenvalue weighted by molar-refractivity contribution is 0.937. The Kier molecular flexibility index (Phi) is 5.07. The van der Waals surface area contributed by atoms with Crippen molar-refractivity contribution in [2.75, 3.05) is 5.32 Å². The summed E-state index contributed by atoms with van der Waals surface area (Å²) in [5, 5.41) is 11.3. The summed E-state index contributed by atoms with van der Waals surface area (Å²) in [6, 6.07) is 5.82. The zero-order chi connectivity index (χ0) is 19.3. The van der Waals surface area contributed by atoms with E-state index in [9.17, 15) is 0 Å². The number of H-pyrrole nitrogens is 1. The van der Waals surface area contributed by atoms with Gasteiger partial charge in [-0.25, -0.2) is 4.98 Å². The maximum absolute atomic E-state index is 4.60. The second-order valence-electron chi connectivity index (χ2n) is 6.02. The Hall–Kier alpha value is -3.59. The van der Waals surface area contributed by atoms with Crippen molar-refractivity contribution in [3.05, 3.63) is 66.3 Å². The summed E-state index contributed by atoms with van der Waals surface area (Å²) in [4.78, 5) is 13.0. The van der Waals surface area contributed by atoms with Crippen LogP contribution in [0, 0.1) is 6.92 Å². The highest BCUT2D eigenvalue weighted by molar-refractivity contribution is 7.10. The van der Waals surface area contributed by atoms with E-state index in [0.717, 1.165) is 33.3 Å². The van der Waals surface area contributed by atoms with Gasteiger partial charge in [-0.1, -0.05) is 0 Å². The topological polar surface area (TPSA) is 96.7 Å². The van der Waals surface area contributed by atoms with Crippen LogP contribution in [0.15, 0.2) is 54.2 Å². The maximum Gasteiger partial charge on any atom is 0.132 e. The fourth-order valence-corrected chi connectivity index (χ4v) is 3.39. The monoisotopic (exact) mass is 390 g/mol. The molecular formula is C19H18N8S. The highest BCUT2D eigenvalue weighted by Crippen LogP contribution is 2.25. The van der Waals surface area contributed by atoms with Crippen molar-refractivity contribution in [2.24, 2.45) is 4.99 Å². The molecule has 0 atom stereocenters. The SMILES string of the molecule is C=N/C(=C\n1c(-c2cn[nH]c2)cnc1CNc1cc(C)ns1)c1cccnc1. The first-order chi connectivity index (χ1) is 13.7. The molecule has 28 heavy (non-hydrogen) atoms. The van der Waals surface area contributed by atoms with E-state index in [1.165, 1.54) is 11.5 Å². The summed E-state index contributed by atoms with van der Waals surface area (Å²) < 4.78 is 6.28. The van der Waals surface area contributed by atoms with Gasteiger partial charge in [-0.05, 0) is 43.4 Å². The molecule has 0 fully saturated rings. The highest BCUT2D eigenvalue weighted by Gasteiger charge is 2.13. The van der Waals surface area contributed by atoms with Gasteiger partial charge in [0.15, 0.2) is 0 Å². The van der Waals surface area contributed by atoms with Crippen LogP contribution in [0.1, 0.15) is 17.1 Å². The first-order valence-corrected chi connectivity index (χ1v) is 9.33. The third kappa shape index (κ3) is 3.74. The number of nitrogens with one attached hydrogen (secondary N) is 2. The fraction of sp³-hybridized carbons (Fsp3) is 0.105. The van der Waals surface area contributed by atoms with E-state index in [1.807, 2.05) is 48.3 Å². The first-order valence-electron chi connectivity index (χ1n) is 8.56. The second kappa shape index (κ2) is 7.97. The Morgan fingerprint density at radius 2 is 2.32 bits per heavy atom. The van der Waals surface area contributed by atoms with E-state index >= 15 is 0 Å². The van der Waals surface area contributed by atoms with Gasteiger partial charge >= 0.3 is 0 Å². The van der Waals surface area contributed by atoms with Gasteiger partial charge in [0, 0.05) is 35.9 Å². The number of hydrogen-bond acceptors (Lipinski definition) is 7. The quantitative estimate of drug-likeness (QED) is 0.469. The number of nitrogens with zero attached hydrogens (tertiary/aromatic N) is 6. The Balaban J connectivity index is 1.73. The van der Waals surface area contributed by atoms with Crippen molar-refractivity contribution >= 4 is 35.1 Å². The number of hydrogen-bond donors (Lipinski definition) is 2. The Morgan fingerprint density at radius 3 is 3.00 bits per heavy atom.